The maximum atomic E-state index is 15.8. The number of hydrogen-bond acceptors (Lipinski definition) is 2. The Morgan fingerprint density at radius 1 is 1.19 bits per heavy atom. The van der Waals surface area contributed by atoms with Crippen LogP contribution >= 0.6 is 0 Å². The zero-order valence-corrected chi connectivity index (χ0v) is 16.0. The average Bonchev–Trinajstić information content (AvgIpc) is 2.87. The van der Waals surface area contributed by atoms with Gasteiger partial charge in [-0.05, 0) is 63.2 Å². The summed E-state index contributed by atoms with van der Waals surface area (Å²) in [6.07, 6.45) is 2.66. The molecule has 0 fully saturated rings. The number of alkyl halides is 1. The van der Waals surface area contributed by atoms with E-state index in [9.17, 15) is 0 Å². The molecule has 0 N–H and O–H groups in total. The normalized spacial score (nSPS) is 17.3. The topological polar surface area (TPSA) is 21.1 Å². The lowest BCUT2D eigenvalue weighted by molar-refractivity contribution is 0.161. The second-order valence-electron chi connectivity index (χ2n) is 7.90. The second kappa shape index (κ2) is 6.20. The van der Waals surface area contributed by atoms with Gasteiger partial charge in [-0.25, -0.2) is 4.39 Å². The molecule has 3 aromatic rings. The van der Waals surface area contributed by atoms with Gasteiger partial charge in [-0.15, -0.1) is 0 Å². The second-order valence-corrected chi connectivity index (χ2v) is 7.90. The van der Waals surface area contributed by atoms with E-state index in [0.29, 0.717) is 12.1 Å². The summed E-state index contributed by atoms with van der Waals surface area (Å²) in [5.74, 6) is 0. The summed E-state index contributed by atoms with van der Waals surface area (Å²) in [6, 6.07) is 10.2. The molecule has 1 aromatic carbocycles. The molecule has 136 valence electrons. The van der Waals surface area contributed by atoms with E-state index in [2.05, 4.69) is 46.6 Å². The number of rotatable bonds is 3. The minimum atomic E-state index is -1.44. The largest absolute Gasteiger partial charge is 0.341 e. The van der Waals surface area contributed by atoms with Gasteiger partial charge in [-0.1, -0.05) is 11.6 Å². The quantitative estimate of drug-likeness (QED) is 0.691. The third kappa shape index (κ3) is 2.92. The van der Waals surface area contributed by atoms with Crippen LogP contribution in [-0.2, 0) is 25.2 Å². The summed E-state index contributed by atoms with van der Waals surface area (Å²) in [5, 5.41) is 1.27. The first-order valence-corrected chi connectivity index (χ1v) is 9.26. The molecular formula is C22H26FN3. The molecule has 1 aliphatic rings. The van der Waals surface area contributed by atoms with Gasteiger partial charge in [0, 0.05) is 48.0 Å². The number of halogens is 1. The Bertz CT molecular complexity index is 971. The van der Waals surface area contributed by atoms with E-state index in [1.165, 1.54) is 22.2 Å². The van der Waals surface area contributed by atoms with Gasteiger partial charge in [0.2, 0.25) is 0 Å². The number of fused-ring (bicyclic) bond motifs is 3. The first-order valence-electron chi connectivity index (χ1n) is 9.26. The Labute approximate surface area is 154 Å². The van der Waals surface area contributed by atoms with Crippen molar-refractivity contribution in [1.29, 1.82) is 0 Å². The molecule has 2 aromatic heterocycles. The molecule has 0 aliphatic carbocycles. The molecule has 3 nitrogen and oxygen atoms in total. The minimum absolute atomic E-state index is 0.328. The van der Waals surface area contributed by atoms with Gasteiger partial charge >= 0.3 is 0 Å². The van der Waals surface area contributed by atoms with Crippen molar-refractivity contribution in [2.75, 3.05) is 13.6 Å². The molecule has 3 heterocycles. The third-order valence-corrected chi connectivity index (χ3v) is 5.55. The molecule has 0 radical (unpaired) electrons. The van der Waals surface area contributed by atoms with Crippen molar-refractivity contribution in [2.24, 2.45) is 0 Å². The zero-order valence-electron chi connectivity index (χ0n) is 16.0. The van der Waals surface area contributed by atoms with Crippen molar-refractivity contribution in [2.45, 2.75) is 46.0 Å². The predicted octanol–water partition coefficient (Wildman–Crippen LogP) is 4.53. The van der Waals surface area contributed by atoms with E-state index in [0.717, 1.165) is 30.7 Å². The summed E-state index contributed by atoms with van der Waals surface area (Å²) in [4.78, 5) is 6.55. The number of aromatic nitrogens is 2. The van der Waals surface area contributed by atoms with E-state index in [-0.39, 0.29) is 0 Å². The SMILES string of the molecule is Cc1ccc2c(c1)c1c(n2CC(C)(F)c2ccnc(C)c2)CCN(C)C1. The highest BCUT2D eigenvalue weighted by Crippen LogP contribution is 2.35. The average molecular weight is 351 g/mol. The molecule has 1 aliphatic heterocycles. The maximum Gasteiger partial charge on any atom is 0.151 e. The summed E-state index contributed by atoms with van der Waals surface area (Å²) in [7, 11) is 2.15. The van der Waals surface area contributed by atoms with Crippen LogP contribution in [0.4, 0.5) is 4.39 Å². The van der Waals surface area contributed by atoms with Gasteiger partial charge in [0.15, 0.2) is 5.67 Å². The predicted molar refractivity (Wildman–Crippen MR) is 104 cm³/mol. The number of nitrogens with zero attached hydrogens (tertiary/aromatic N) is 3. The van der Waals surface area contributed by atoms with Crippen LogP contribution in [0.15, 0.2) is 36.5 Å². The van der Waals surface area contributed by atoms with Gasteiger partial charge in [0.25, 0.3) is 0 Å². The Hall–Kier alpha value is -2.20. The Balaban J connectivity index is 1.84. The zero-order chi connectivity index (χ0) is 18.5. The number of benzene rings is 1. The van der Waals surface area contributed by atoms with Crippen molar-refractivity contribution in [1.82, 2.24) is 14.5 Å². The number of aryl methyl sites for hydroxylation is 2. The van der Waals surface area contributed by atoms with E-state index in [1.807, 2.05) is 13.0 Å². The first kappa shape index (κ1) is 17.2. The highest BCUT2D eigenvalue weighted by atomic mass is 19.1. The Morgan fingerprint density at radius 3 is 2.77 bits per heavy atom. The lowest BCUT2D eigenvalue weighted by atomic mass is 9.97. The highest BCUT2D eigenvalue weighted by molar-refractivity contribution is 5.86. The van der Waals surface area contributed by atoms with Crippen LogP contribution in [0.5, 0.6) is 0 Å². The van der Waals surface area contributed by atoms with Gasteiger partial charge in [-0.3, -0.25) is 4.98 Å². The highest BCUT2D eigenvalue weighted by Gasteiger charge is 2.31. The fraction of sp³-hybridized carbons (Fsp3) is 0.409. The molecule has 1 atom stereocenters. The van der Waals surface area contributed by atoms with Crippen LogP contribution in [-0.4, -0.2) is 28.0 Å². The third-order valence-electron chi connectivity index (χ3n) is 5.55. The van der Waals surface area contributed by atoms with Gasteiger partial charge in [-0.2, -0.15) is 0 Å². The van der Waals surface area contributed by atoms with Crippen LogP contribution in [0.1, 0.15) is 35.0 Å². The van der Waals surface area contributed by atoms with Crippen LogP contribution in [0.25, 0.3) is 10.9 Å². The molecule has 4 heteroatoms. The van der Waals surface area contributed by atoms with E-state index < -0.39 is 5.67 Å². The fourth-order valence-corrected chi connectivity index (χ4v) is 4.14. The van der Waals surface area contributed by atoms with Crippen LogP contribution in [0, 0.1) is 13.8 Å². The number of pyridine rings is 1. The molecule has 0 saturated heterocycles. The van der Waals surface area contributed by atoms with Crippen molar-refractivity contribution in [3.05, 3.63) is 64.6 Å². The van der Waals surface area contributed by atoms with Crippen LogP contribution in [0.2, 0.25) is 0 Å². The molecule has 1 unspecified atom stereocenters. The molecule has 0 bridgehead atoms. The van der Waals surface area contributed by atoms with Crippen LogP contribution < -0.4 is 0 Å². The lowest BCUT2D eigenvalue weighted by Gasteiger charge is -2.27. The maximum absolute atomic E-state index is 15.8. The number of hydrogen-bond donors (Lipinski definition) is 0. The van der Waals surface area contributed by atoms with E-state index >= 15 is 4.39 Å². The first-order chi connectivity index (χ1) is 12.3. The molecule has 0 spiro atoms. The van der Waals surface area contributed by atoms with E-state index in [4.69, 9.17) is 0 Å². The molecular weight excluding hydrogens is 325 g/mol. The Morgan fingerprint density at radius 2 is 2.00 bits per heavy atom. The summed E-state index contributed by atoms with van der Waals surface area (Å²) < 4.78 is 18.0. The minimum Gasteiger partial charge on any atom is -0.341 e. The standard InChI is InChI=1S/C22H26FN3/c1-15-5-6-20-18(11-15)19-13-25(4)10-8-21(19)26(20)14-22(3,23)17-7-9-24-16(2)12-17/h5-7,9,11-12H,8,10,13-14H2,1-4H3. The number of likely N-dealkylation sites (N-methyl/N-ethyl adjacent to an activating group) is 1. The molecule has 0 saturated carbocycles. The van der Waals surface area contributed by atoms with Crippen molar-refractivity contribution >= 4 is 10.9 Å². The van der Waals surface area contributed by atoms with Gasteiger partial charge in [0.05, 0.1) is 6.54 Å². The lowest BCUT2D eigenvalue weighted by Crippen LogP contribution is -2.29. The summed E-state index contributed by atoms with van der Waals surface area (Å²) in [5.41, 5.74) is 5.15. The van der Waals surface area contributed by atoms with Gasteiger partial charge in [0.1, 0.15) is 0 Å². The molecule has 26 heavy (non-hydrogen) atoms. The van der Waals surface area contributed by atoms with Gasteiger partial charge < -0.3 is 9.47 Å². The monoisotopic (exact) mass is 351 g/mol. The Kier molecular flexibility index (Phi) is 4.11. The van der Waals surface area contributed by atoms with E-state index in [1.54, 1.807) is 19.2 Å². The van der Waals surface area contributed by atoms with Crippen molar-refractivity contribution in [3.63, 3.8) is 0 Å². The smallest absolute Gasteiger partial charge is 0.151 e. The molecule has 4 rings (SSSR count). The fourth-order valence-electron chi connectivity index (χ4n) is 4.14. The summed E-state index contributed by atoms with van der Waals surface area (Å²) >= 11 is 0. The van der Waals surface area contributed by atoms with Crippen LogP contribution in [0.3, 0.4) is 0 Å². The molecule has 0 amide bonds. The summed E-state index contributed by atoms with van der Waals surface area (Å²) in [6.45, 7) is 7.98. The van der Waals surface area contributed by atoms with Crippen molar-refractivity contribution in [3.8, 4) is 0 Å². The van der Waals surface area contributed by atoms with Crippen molar-refractivity contribution < 1.29 is 4.39 Å².